The number of halogens is 1. The van der Waals surface area contributed by atoms with E-state index in [4.69, 9.17) is 11.6 Å². The standard InChI is InChI=1S/C19H19ClN4O3S/c1-19(12-4-5-12)16(26)24(18(27)23-19)10-15(25)22-17-21-9-14(28-17)8-11-2-6-13(20)7-3-11/h2-3,6-7,9,12H,4-5,8,10H2,1H3,(H,23,27)(H,21,22,25)/t19-/m0/s1. The fraction of sp³-hybridized carbons (Fsp3) is 0.368. The van der Waals surface area contributed by atoms with Gasteiger partial charge in [0.25, 0.3) is 5.91 Å². The van der Waals surface area contributed by atoms with Crippen molar-refractivity contribution in [2.75, 3.05) is 11.9 Å². The molecule has 146 valence electrons. The van der Waals surface area contributed by atoms with Crippen LogP contribution in [0.25, 0.3) is 0 Å². The van der Waals surface area contributed by atoms with Crippen molar-refractivity contribution in [3.8, 4) is 0 Å². The molecule has 4 amide bonds. The number of rotatable bonds is 6. The molecule has 0 radical (unpaired) electrons. The highest BCUT2D eigenvalue weighted by Gasteiger charge is 2.56. The summed E-state index contributed by atoms with van der Waals surface area (Å²) in [6.45, 7) is 1.41. The lowest BCUT2D eigenvalue weighted by atomic mass is 9.96. The predicted molar refractivity (Wildman–Crippen MR) is 106 cm³/mol. The molecule has 28 heavy (non-hydrogen) atoms. The Morgan fingerprint density at radius 3 is 2.75 bits per heavy atom. The first-order chi connectivity index (χ1) is 13.3. The lowest BCUT2D eigenvalue weighted by Crippen LogP contribution is -2.46. The molecule has 9 heteroatoms. The fourth-order valence-electron chi connectivity index (χ4n) is 3.35. The van der Waals surface area contributed by atoms with Crippen molar-refractivity contribution in [2.45, 2.75) is 31.7 Å². The Labute approximate surface area is 171 Å². The maximum atomic E-state index is 12.6. The van der Waals surface area contributed by atoms with Crippen LogP contribution in [-0.4, -0.2) is 39.8 Å². The molecule has 4 rings (SSSR count). The normalized spacial score (nSPS) is 21.7. The van der Waals surface area contributed by atoms with Crippen LogP contribution in [0.15, 0.2) is 30.5 Å². The fourth-order valence-corrected chi connectivity index (χ4v) is 4.34. The summed E-state index contributed by atoms with van der Waals surface area (Å²) in [6, 6.07) is 7.02. The molecule has 0 unspecified atom stereocenters. The third-order valence-corrected chi connectivity index (χ3v) is 6.25. The van der Waals surface area contributed by atoms with Gasteiger partial charge in [0, 0.05) is 22.5 Å². The van der Waals surface area contributed by atoms with Crippen LogP contribution >= 0.6 is 22.9 Å². The largest absolute Gasteiger partial charge is 0.325 e. The zero-order valence-electron chi connectivity index (χ0n) is 15.2. The number of amides is 4. The maximum absolute atomic E-state index is 12.6. The number of anilines is 1. The Bertz CT molecular complexity index is 941. The molecule has 7 nitrogen and oxygen atoms in total. The Kier molecular flexibility index (Phi) is 4.84. The van der Waals surface area contributed by atoms with Gasteiger partial charge >= 0.3 is 6.03 Å². The van der Waals surface area contributed by atoms with Gasteiger partial charge in [-0.15, -0.1) is 11.3 Å². The Morgan fingerprint density at radius 2 is 2.07 bits per heavy atom. The number of hydrogen-bond donors (Lipinski definition) is 2. The van der Waals surface area contributed by atoms with E-state index in [-0.39, 0.29) is 18.4 Å². The van der Waals surface area contributed by atoms with Crippen LogP contribution in [0.2, 0.25) is 5.02 Å². The Balaban J connectivity index is 1.35. The summed E-state index contributed by atoms with van der Waals surface area (Å²) in [5, 5.41) is 6.52. The summed E-state index contributed by atoms with van der Waals surface area (Å²) >= 11 is 7.25. The summed E-state index contributed by atoms with van der Waals surface area (Å²) < 4.78 is 0. The van der Waals surface area contributed by atoms with Gasteiger partial charge in [-0.3, -0.25) is 14.5 Å². The highest BCUT2D eigenvalue weighted by Crippen LogP contribution is 2.42. The zero-order valence-corrected chi connectivity index (χ0v) is 16.8. The number of nitrogens with zero attached hydrogens (tertiary/aromatic N) is 2. The van der Waals surface area contributed by atoms with Crippen molar-refractivity contribution in [1.29, 1.82) is 0 Å². The number of thiazole rings is 1. The van der Waals surface area contributed by atoms with Crippen LogP contribution in [0.3, 0.4) is 0 Å². The van der Waals surface area contributed by atoms with Gasteiger partial charge in [-0.2, -0.15) is 0 Å². The molecule has 1 atom stereocenters. The Hall–Kier alpha value is -2.45. The van der Waals surface area contributed by atoms with Gasteiger partial charge in [-0.1, -0.05) is 23.7 Å². The van der Waals surface area contributed by atoms with E-state index in [1.807, 2.05) is 24.3 Å². The molecule has 2 aromatic rings. The average Bonchev–Trinajstić information content (AvgIpc) is 3.39. The first-order valence-corrected chi connectivity index (χ1v) is 10.2. The van der Waals surface area contributed by atoms with E-state index in [1.54, 1.807) is 13.1 Å². The summed E-state index contributed by atoms with van der Waals surface area (Å²) in [5.74, 6) is -0.625. The van der Waals surface area contributed by atoms with E-state index in [9.17, 15) is 14.4 Å². The van der Waals surface area contributed by atoms with Gasteiger partial charge < -0.3 is 10.6 Å². The van der Waals surface area contributed by atoms with Crippen molar-refractivity contribution in [2.24, 2.45) is 5.92 Å². The molecule has 0 spiro atoms. The number of imide groups is 1. The molecular weight excluding hydrogens is 400 g/mol. The van der Waals surface area contributed by atoms with Gasteiger partial charge in [0.05, 0.1) is 0 Å². The van der Waals surface area contributed by atoms with Crippen LogP contribution in [0.4, 0.5) is 9.93 Å². The van der Waals surface area contributed by atoms with Crippen LogP contribution in [-0.2, 0) is 16.0 Å². The molecule has 1 aromatic heterocycles. The number of carbonyl (C=O) groups is 3. The molecular formula is C19H19ClN4O3S. The van der Waals surface area contributed by atoms with Crippen LogP contribution in [0, 0.1) is 5.92 Å². The van der Waals surface area contributed by atoms with Crippen molar-refractivity contribution in [3.05, 3.63) is 45.9 Å². The minimum Gasteiger partial charge on any atom is -0.323 e. The minimum absolute atomic E-state index is 0.159. The highest BCUT2D eigenvalue weighted by atomic mass is 35.5. The number of urea groups is 1. The lowest BCUT2D eigenvalue weighted by molar-refractivity contribution is -0.134. The van der Waals surface area contributed by atoms with E-state index < -0.39 is 17.5 Å². The summed E-state index contributed by atoms with van der Waals surface area (Å²) in [5.41, 5.74) is 0.203. The summed E-state index contributed by atoms with van der Waals surface area (Å²) in [4.78, 5) is 43.2. The maximum Gasteiger partial charge on any atom is 0.325 e. The molecule has 1 aliphatic carbocycles. The molecule has 2 heterocycles. The number of carbonyl (C=O) groups excluding carboxylic acids is 3. The van der Waals surface area contributed by atoms with Crippen molar-refractivity contribution in [1.82, 2.24) is 15.2 Å². The minimum atomic E-state index is -0.885. The van der Waals surface area contributed by atoms with Crippen molar-refractivity contribution in [3.63, 3.8) is 0 Å². The topological polar surface area (TPSA) is 91.4 Å². The molecule has 2 fully saturated rings. The molecule has 0 bridgehead atoms. The van der Waals surface area contributed by atoms with E-state index in [0.717, 1.165) is 28.2 Å². The monoisotopic (exact) mass is 418 g/mol. The first kappa shape index (κ1) is 18.9. The van der Waals surface area contributed by atoms with E-state index >= 15 is 0 Å². The van der Waals surface area contributed by atoms with E-state index in [0.29, 0.717) is 16.6 Å². The van der Waals surface area contributed by atoms with Gasteiger partial charge in [0.2, 0.25) is 5.91 Å². The van der Waals surface area contributed by atoms with Crippen LogP contribution in [0.1, 0.15) is 30.2 Å². The second-order valence-corrected chi connectivity index (χ2v) is 8.83. The van der Waals surface area contributed by atoms with Gasteiger partial charge in [0.15, 0.2) is 5.13 Å². The average molecular weight is 419 g/mol. The SMILES string of the molecule is C[C@@]1(C2CC2)NC(=O)N(CC(=O)Nc2ncc(Cc3ccc(Cl)cc3)s2)C1=O. The number of hydrogen-bond acceptors (Lipinski definition) is 5. The first-order valence-electron chi connectivity index (χ1n) is 8.98. The molecule has 1 aliphatic heterocycles. The van der Waals surface area contributed by atoms with Gasteiger partial charge in [-0.25, -0.2) is 9.78 Å². The van der Waals surface area contributed by atoms with Crippen molar-refractivity contribution < 1.29 is 14.4 Å². The van der Waals surface area contributed by atoms with E-state index in [2.05, 4.69) is 15.6 Å². The zero-order chi connectivity index (χ0) is 19.9. The number of benzene rings is 1. The van der Waals surface area contributed by atoms with Gasteiger partial charge in [0.1, 0.15) is 12.1 Å². The van der Waals surface area contributed by atoms with Crippen LogP contribution < -0.4 is 10.6 Å². The Morgan fingerprint density at radius 1 is 1.36 bits per heavy atom. The van der Waals surface area contributed by atoms with E-state index in [1.165, 1.54) is 11.3 Å². The predicted octanol–water partition coefficient (Wildman–Crippen LogP) is 3.05. The molecule has 2 aliphatic rings. The molecule has 1 saturated heterocycles. The molecule has 2 N–H and O–H groups in total. The number of aromatic nitrogens is 1. The number of nitrogens with one attached hydrogen (secondary N) is 2. The highest BCUT2D eigenvalue weighted by molar-refractivity contribution is 7.15. The molecule has 1 saturated carbocycles. The third-order valence-electron chi connectivity index (χ3n) is 5.09. The second kappa shape index (κ2) is 7.18. The lowest BCUT2D eigenvalue weighted by Gasteiger charge is -2.20. The van der Waals surface area contributed by atoms with Gasteiger partial charge in [-0.05, 0) is 43.4 Å². The second-order valence-electron chi connectivity index (χ2n) is 7.28. The van der Waals surface area contributed by atoms with Crippen LogP contribution in [0.5, 0.6) is 0 Å². The van der Waals surface area contributed by atoms with Crippen molar-refractivity contribution >= 4 is 45.9 Å². The third kappa shape index (κ3) is 3.74. The smallest absolute Gasteiger partial charge is 0.323 e. The summed E-state index contributed by atoms with van der Waals surface area (Å²) in [7, 11) is 0. The summed E-state index contributed by atoms with van der Waals surface area (Å²) in [6.07, 6.45) is 4.21. The quantitative estimate of drug-likeness (QED) is 0.705. The molecule has 1 aromatic carbocycles.